The molecule has 0 amide bonds. The Morgan fingerprint density at radius 1 is 0.393 bits per heavy atom. The summed E-state index contributed by atoms with van der Waals surface area (Å²) < 4.78 is 2.35. The normalized spacial score (nSPS) is 15.0. The minimum absolute atomic E-state index is 0.0790. The fraction of sp³-hybridized carbons (Fsp3) is 0.120. The number of thiazole rings is 2. The summed E-state index contributed by atoms with van der Waals surface area (Å²) in [5.74, 6) is 0. The molecule has 2 aromatic heterocycles. The van der Waals surface area contributed by atoms with E-state index in [0.717, 1.165) is 43.6 Å². The number of nitrogens with zero attached hydrogens (tertiary/aromatic N) is 4. The summed E-state index contributed by atoms with van der Waals surface area (Å²) in [6, 6.07) is 57.4. The molecule has 7 aromatic carbocycles. The molecule has 2 aliphatic rings. The van der Waals surface area contributed by atoms with Crippen LogP contribution in [0.2, 0.25) is 0 Å². The Labute approximate surface area is 335 Å². The monoisotopic (exact) mass is 758 g/mol. The number of hydrogen-bond donors (Lipinski definition) is 0. The molecule has 0 spiro atoms. The van der Waals surface area contributed by atoms with Crippen LogP contribution in [-0.2, 0) is 10.8 Å². The lowest BCUT2D eigenvalue weighted by Crippen LogP contribution is -2.30. The molecule has 4 nitrogen and oxygen atoms in total. The van der Waals surface area contributed by atoms with Crippen LogP contribution >= 0.6 is 22.7 Å². The lowest BCUT2D eigenvalue weighted by molar-refractivity contribution is 0.632. The summed E-state index contributed by atoms with van der Waals surface area (Å²) in [6.45, 7) is 9.30. The largest absolute Gasteiger partial charge is 0.310 e. The third-order valence-electron chi connectivity index (χ3n) is 11.9. The smallest absolute Gasteiger partial charge is 0.124 e. The molecule has 0 unspecified atom stereocenters. The zero-order chi connectivity index (χ0) is 37.8. The van der Waals surface area contributed by atoms with Gasteiger partial charge in [-0.05, 0) is 107 Å². The van der Waals surface area contributed by atoms with Gasteiger partial charge >= 0.3 is 0 Å². The summed E-state index contributed by atoms with van der Waals surface area (Å²) in [6.07, 6.45) is 0. The van der Waals surface area contributed by atoms with Crippen LogP contribution in [0.15, 0.2) is 158 Å². The second-order valence-corrected chi connectivity index (χ2v) is 18.0. The van der Waals surface area contributed by atoms with Gasteiger partial charge in [0.05, 0.1) is 43.2 Å². The third kappa shape index (κ3) is 4.95. The molecule has 0 atom stereocenters. The molecule has 56 heavy (non-hydrogen) atoms. The number of para-hydroxylation sites is 4. The summed E-state index contributed by atoms with van der Waals surface area (Å²) in [5, 5.41) is 2.04. The van der Waals surface area contributed by atoms with E-state index in [1.165, 1.54) is 54.4 Å². The highest BCUT2D eigenvalue weighted by Crippen LogP contribution is 2.53. The number of aromatic nitrogens is 2. The fourth-order valence-corrected chi connectivity index (χ4v) is 11.1. The first-order valence-corrected chi connectivity index (χ1v) is 20.8. The molecule has 11 rings (SSSR count). The van der Waals surface area contributed by atoms with Gasteiger partial charge in [-0.15, -0.1) is 22.7 Å². The molecule has 0 N–H and O–H groups in total. The Morgan fingerprint density at radius 3 is 1.05 bits per heavy atom. The first-order chi connectivity index (χ1) is 27.3. The standard InChI is InChI=1S/C50H38N4S2/c1-49(2)35-13-5-9-17-41(35)53(42-18-10-6-14-36(42)49)33-25-21-31(22-26-33)47-51-39-29-40-46(30-45(39)55-47)56-48(52-40)32-23-27-34(28-24-32)54-43-19-11-7-15-37(43)50(3,4)38-16-8-12-20-44(38)54/h5-30H,1-4H3. The number of rotatable bonds is 4. The second kappa shape index (κ2) is 12.2. The minimum Gasteiger partial charge on any atom is -0.310 e. The molecule has 0 fully saturated rings. The average Bonchev–Trinajstić information content (AvgIpc) is 3.84. The van der Waals surface area contributed by atoms with E-state index < -0.39 is 0 Å². The Kier molecular flexibility index (Phi) is 7.25. The van der Waals surface area contributed by atoms with Gasteiger partial charge in [-0.1, -0.05) is 100 Å². The number of fused-ring (bicyclic) bond motifs is 6. The molecule has 4 heterocycles. The quantitative estimate of drug-likeness (QED) is 0.179. The Morgan fingerprint density at radius 2 is 0.714 bits per heavy atom. The van der Waals surface area contributed by atoms with Gasteiger partial charge in [0.15, 0.2) is 0 Å². The maximum absolute atomic E-state index is 5.12. The summed E-state index contributed by atoms with van der Waals surface area (Å²) in [7, 11) is 0. The van der Waals surface area contributed by atoms with E-state index in [0.29, 0.717) is 0 Å². The van der Waals surface area contributed by atoms with Crippen molar-refractivity contribution in [3.63, 3.8) is 0 Å². The highest BCUT2D eigenvalue weighted by molar-refractivity contribution is 7.23. The van der Waals surface area contributed by atoms with E-state index in [-0.39, 0.29) is 10.8 Å². The van der Waals surface area contributed by atoms with E-state index in [1.54, 1.807) is 22.7 Å². The lowest BCUT2D eigenvalue weighted by Gasteiger charge is -2.42. The fourth-order valence-electron chi connectivity index (χ4n) is 9.00. The van der Waals surface area contributed by atoms with Gasteiger partial charge in [0.25, 0.3) is 0 Å². The number of hydrogen-bond acceptors (Lipinski definition) is 6. The second-order valence-electron chi connectivity index (χ2n) is 15.9. The molecule has 0 radical (unpaired) electrons. The van der Waals surface area contributed by atoms with Crippen molar-refractivity contribution in [3.8, 4) is 21.1 Å². The summed E-state index contributed by atoms with van der Waals surface area (Å²) in [4.78, 5) is 15.0. The average molecular weight is 759 g/mol. The molecule has 0 saturated heterocycles. The summed E-state index contributed by atoms with van der Waals surface area (Å²) in [5.41, 5.74) is 16.6. The van der Waals surface area contributed by atoms with E-state index in [9.17, 15) is 0 Å². The molecule has 6 heteroatoms. The highest BCUT2D eigenvalue weighted by atomic mass is 32.1. The van der Waals surface area contributed by atoms with Gasteiger partial charge in [0.2, 0.25) is 0 Å². The lowest BCUT2D eigenvalue weighted by atomic mass is 9.73. The van der Waals surface area contributed by atoms with Crippen LogP contribution in [0, 0.1) is 0 Å². The molecule has 9 aromatic rings. The minimum atomic E-state index is -0.0790. The Hall–Kier alpha value is -6.08. The molecular formula is C50H38N4S2. The molecule has 270 valence electrons. The molecule has 0 aliphatic carbocycles. The van der Waals surface area contributed by atoms with Crippen molar-refractivity contribution in [1.82, 2.24) is 9.97 Å². The van der Waals surface area contributed by atoms with Gasteiger partial charge in [-0.3, -0.25) is 0 Å². The number of anilines is 6. The van der Waals surface area contributed by atoms with E-state index >= 15 is 0 Å². The predicted molar refractivity (Wildman–Crippen MR) is 237 cm³/mol. The predicted octanol–water partition coefficient (Wildman–Crippen LogP) is 14.5. The van der Waals surface area contributed by atoms with Gasteiger partial charge in [0, 0.05) is 33.3 Å². The first-order valence-electron chi connectivity index (χ1n) is 19.2. The topological polar surface area (TPSA) is 32.3 Å². The van der Waals surface area contributed by atoms with Crippen LogP contribution in [-0.4, -0.2) is 9.97 Å². The Bertz CT molecular complexity index is 2640. The van der Waals surface area contributed by atoms with Gasteiger partial charge in [0.1, 0.15) is 10.0 Å². The van der Waals surface area contributed by atoms with Crippen LogP contribution in [0.1, 0.15) is 49.9 Å². The SMILES string of the molecule is CC1(C)c2ccccc2N(c2ccc(-c3nc4cc5nc(-c6ccc(N7c8ccccc8C(C)(C)c8ccccc87)cc6)sc5cc4s3)cc2)c2ccccc21. The third-order valence-corrected chi connectivity index (χ3v) is 14.1. The van der Waals surface area contributed by atoms with Crippen LogP contribution in [0.25, 0.3) is 41.6 Å². The van der Waals surface area contributed by atoms with E-state index in [1.807, 2.05) is 0 Å². The molecule has 2 aliphatic heterocycles. The summed E-state index contributed by atoms with van der Waals surface area (Å²) >= 11 is 3.49. The van der Waals surface area contributed by atoms with Gasteiger partial charge in [-0.2, -0.15) is 0 Å². The van der Waals surface area contributed by atoms with Gasteiger partial charge in [-0.25, -0.2) is 9.97 Å². The highest BCUT2D eigenvalue weighted by Gasteiger charge is 2.37. The van der Waals surface area contributed by atoms with E-state index in [4.69, 9.17) is 9.97 Å². The zero-order valence-electron chi connectivity index (χ0n) is 31.6. The first kappa shape index (κ1) is 33.3. The van der Waals surface area contributed by atoms with E-state index in [2.05, 4.69) is 195 Å². The van der Waals surface area contributed by atoms with Crippen LogP contribution in [0.4, 0.5) is 34.1 Å². The molecule has 0 saturated carbocycles. The van der Waals surface area contributed by atoms with Crippen molar-refractivity contribution in [2.24, 2.45) is 0 Å². The zero-order valence-corrected chi connectivity index (χ0v) is 33.2. The molecule has 0 bridgehead atoms. The van der Waals surface area contributed by atoms with Crippen molar-refractivity contribution < 1.29 is 0 Å². The maximum atomic E-state index is 5.12. The van der Waals surface area contributed by atoms with Crippen molar-refractivity contribution in [1.29, 1.82) is 0 Å². The van der Waals surface area contributed by atoms with Crippen LogP contribution < -0.4 is 9.80 Å². The van der Waals surface area contributed by atoms with Gasteiger partial charge < -0.3 is 9.80 Å². The van der Waals surface area contributed by atoms with Crippen molar-refractivity contribution in [3.05, 3.63) is 180 Å². The number of benzene rings is 7. The van der Waals surface area contributed by atoms with Crippen molar-refractivity contribution >= 4 is 77.2 Å². The van der Waals surface area contributed by atoms with Crippen LogP contribution in [0.5, 0.6) is 0 Å². The maximum Gasteiger partial charge on any atom is 0.124 e. The van der Waals surface area contributed by atoms with Crippen molar-refractivity contribution in [2.75, 3.05) is 9.80 Å². The molecular weight excluding hydrogens is 721 g/mol. The van der Waals surface area contributed by atoms with Crippen molar-refractivity contribution in [2.45, 2.75) is 38.5 Å². The van der Waals surface area contributed by atoms with Crippen LogP contribution in [0.3, 0.4) is 0 Å². The Balaban J connectivity index is 0.889.